The van der Waals surface area contributed by atoms with E-state index in [0.29, 0.717) is 10.6 Å². The molecular formula is C19H16BrN3O2S. The Bertz CT molecular complexity index is 955. The van der Waals surface area contributed by atoms with Gasteiger partial charge in [-0.15, -0.1) is 0 Å². The number of amides is 1. The van der Waals surface area contributed by atoms with Crippen LogP contribution in [0, 0.1) is 18.8 Å². The molecule has 0 aliphatic heterocycles. The molecule has 1 aromatic carbocycles. The van der Waals surface area contributed by atoms with Crippen LogP contribution in [0.3, 0.4) is 0 Å². The van der Waals surface area contributed by atoms with E-state index in [0.717, 1.165) is 15.4 Å². The minimum absolute atomic E-state index is 0.166. The Morgan fingerprint density at radius 3 is 2.88 bits per heavy atom. The standard InChI is InChI=1S/C19H16BrN3O2S/c1-14-17(26-19(22-14)23-10-3-4-11-23)18(24)21-9-2-5-12-25-16-8-6-7-15(20)13-16/h3-4,6-8,10-11,13H,9,12H2,1H3,(H,21,24). The molecule has 0 saturated heterocycles. The van der Waals surface area contributed by atoms with E-state index in [4.69, 9.17) is 4.74 Å². The highest BCUT2D eigenvalue weighted by Gasteiger charge is 2.15. The Morgan fingerprint density at radius 2 is 2.12 bits per heavy atom. The number of ether oxygens (including phenoxy) is 1. The number of aromatic nitrogens is 2. The van der Waals surface area contributed by atoms with E-state index in [1.54, 1.807) is 0 Å². The van der Waals surface area contributed by atoms with Crippen molar-refractivity contribution in [2.45, 2.75) is 6.92 Å². The maximum atomic E-state index is 12.3. The normalized spacial score (nSPS) is 10.1. The Balaban J connectivity index is 1.49. The van der Waals surface area contributed by atoms with Gasteiger partial charge in [-0.05, 0) is 37.3 Å². The van der Waals surface area contributed by atoms with Crippen molar-refractivity contribution in [1.82, 2.24) is 14.9 Å². The topological polar surface area (TPSA) is 56.2 Å². The summed E-state index contributed by atoms with van der Waals surface area (Å²) in [6, 6.07) is 11.4. The molecule has 5 nitrogen and oxygen atoms in total. The number of carbonyl (C=O) groups excluding carboxylic acids is 1. The molecule has 0 fully saturated rings. The molecule has 0 radical (unpaired) electrons. The van der Waals surface area contributed by atoms with Crippen molar-refractivity contribution in [2.24, 2.45) is 0 Å². The van der Waals surface area contributed by atoms with Crippen LogP contribution in [0.4, 0.5) is 0 Å². The highest BCUT2D eigenvalue weighted by Crippen LogP contribution is 2.21. The molecule has 2 aromatic heterocycles. The molecule has 1 amide bonds. The van der Waals surface area contributed by atoms with Crippen LogP contribution in [0.1, 0.15) is 15.4 Å². The van der Waals surface area contributed by atoms with Gasteiger partial charge in [-0.2, -0.15) is 0 Å². The quantitative estimate of drug-likeness (QED) is 0.627. The van der Waals surface area contributed by atoms with Crippen molar-refractivity contribution in [2.75, 3.05) is 13.2 Å². The second-order valence-electron chi connectivity index (χ2n) is 5.28. The molecule has 0 unspecified atom stereocenters. The van der Waals surface area contributed by atoms with E-state index in [9.17, 15) is 4.79 Å². The zero-order chi connectivity index (χ0) is 18.4. The monoisotopic (exact) mass is 429 g/mol. The van der Waals surface area contributed by atoms with Gasteiger partial charge in [0.2, 0.25) is 0 Å². The lowest BCUT2D eigenvalue weighted by Crippen LogP contribution is -2.23. The third kappa shape index (κ3) is 4.75. The third-order valence-corrected chi connectivity index (χ3v) is 5.05. The van der Waals surface area contributed by atoms with Gasteiger partial charge in [-0.3, -0.25) is 4.79 Å². The Labute approximate surface area is 164 Å². The Kier molecular flexibility index (Phi) is 6.10. The number of nitrogens with one attached hydrogen (secondary N) is 1. The first-order valence-corrected chi connectivity index (χ1v) is 9.47. The minimum Gasteiger partial charge on any atom is -0.481 e. The van der Waals surface area contributed by atoms with E-state index in [1.165, 1.54) is 11.3 Å². The van der Waals surface area contributed by atoms with Gasteiger partial charge < -0.3 is 14.6 Å². The fraction of sp³-hybridized carbons (Fsp3) is 0.158. The number of hydrogen-bond donors (Lipinski definition) is 1. The third-order valence-electron chi connectivity index (χ3n) is 3.39. The lowest BCUT2D eigenvalue weighted by Gasteiger charge is -2.01. The van der Waals surface area contributed by atoms with Gasteiger partial charge in [0, 0.05) is 16.9 Å². The first-order chi connectivity index (χ1) is 12.6. The number of aryl methyl sites for hydroxylation is 1. The molecule has 7 heteroatoms. The van der Waals surface area contributed by atoms with Gasteiger partial charge in [-0.25, -0.2) is 4.98 Å². The molecule has 0 spiro atoms. The van der Waals surface area contributed by atoms with Gasteiger partial charge in [0.1, 0.15) is 17.2 Å². The summed E-state index contributed by atoms with van der Waals surface area (Å²) in [7, 11) is 0. The van der Waals surface area contributed by atoms with Gasteiger partial charge >= 0.3 is 0 Å². The first kappa shape index (κ1) is 18.2. The number of nitrogens with zero attached hydrogens (tertiary/aromatic N) is 2. The average molecular weight is 430 g/mol. The number of rotatable bonds is 5. The summed E-state index contributed by atoms with van der Waals surface area (Å²) in [6.45, 7) is 2.36. The van der Waals surface area contributed by atoms with E-state index >= 15 is 0 Å². The van der Waals surface area contributed by atoms with E-state index < -0.39 is 0 Å². The van der Waals surface area contributed by atoms with Crippen molar-refractivity contribution in [3.63, 3.8) is 0 Å². The molecule has 0 saturated carbocycles. The number of benzene rings is 1. The van der Waals surface area contributed by atoms with Crippen molar-refractivity contribution in [1.29, 1.82) is 0 Å². The molecule has 132 valence electrons. The van der Waals surface area contributed by atoms with Gasteiger partial charge in [-0.1, -0.05) is 45.2 Å². The van der Waals surface area contributed by atoms with Crippen LogP contribution < -0.4 is 10.1 Å². The Hall–Kier alpha value is -2.56. The molecule has 3 aromatic rings. The maximum absolute atomic E-state index is 12.3. The number of thiazole rings is 1. The molecular weight excluding hydrogens is 414 g/mol. The number of halogens is 1. The van der Waals surface area contributed by atoms with Crippen LogP contribution in [0.2, 0.25) is 0 Å². The predicted molar refractivity (Wildman–Crippen MR) is 106 cm³/mol. The average Bonchev–Trinajstić information content (AvgIpc) is 3.27. The van der Waals surface area contributed by atoms with E-state index in [1.807, 2.05) is 60.3 Å². The fourth-order valence-electron chi connectivity index (χ4n) is 2.16. The lowest BCUT2D eigenvalue weighted by molar-refractivity contribution is 0.0962. The number of hydrogen-bond acceptors (Lipinski definition) is 4. The van der Waals surface area contributed by atoms with Crippen molar-refractivity contribution < 1.29 is 9.53 Å². The zero-order valence-electron chi connectivity index (χ0n) is 14.0. The highest BCUT2D eigenvalue weighted by atomic mass is 79.9. The van der Waals surface area contributed by atoms with Crippen molar-refractivity contribution >= 4 is 33.2 Å². The predicted octanol–water partition coefficient (Wildman–Crippen LogP) is 3.82. The van der Waals surface area contributed by atoms with Crippen LogP contribution in [0.15, 0.2) is 53.3 Å². The summed E-state index contributed by atoms with van der Waals surface area (Å²) in [5, 5.41) is 3.56. The number of carbonyl (C=O) groups is 1. The first-order valence-electron chi connectivity index (χ1n) is 7.86. The maximum Gasteiger partial charge on any atom is 0.264 e. The highest BCUT2D eigenvalue weighted by molar-refractivity contribution is 9.10. The zero-order valence-corrected chi connectivity index (χ0v) is 16.4. The van der Waals surface area contributed by atoms with Crippen molar-refractivity contribution in [3.8, 4) is 22.7 Å². The van der Waals surface area contributed by atoms with E-state index in [-0.39, 0.29) is 19.1 Å². The second-order valence-corrected chi connectivity index (χ2v) is 7.18. The lowest BCUT2D eigenvalue weighted by atomic mass is 10.3. The summed E-state index contributed by atoms with van der Waals surface area (Å²) in [5.74, 6) is 6.35. The second kappa shape index (κ2) is 8.70. The van der Waals surface area contributed by atoms with Gasteiger partial charge in [0.05, 0.1) is 12.2 Å². The summed E-state index contributed by atoms with van der Waals surface area (Å²) < 4.78 is 8.35. The fourth-order valence-corrected chi connectivity index (χ4v) is 3.49. The molecule has 1 N–H and O–H groups in total. The summed E-state index contributed by atoms with van der Waals surface area (Å²) in [5.41, 5.74) is 0.710. The minimum atomic E-state index is -0.166. The van der Waals surface area contributed by atoms with Crippen LogP contribution >= 0.6 is 27.3 Å². The van der Waals surface area contributed by atoms with Crippen LogP contribution in [0.5, 0.6) is 5.75 Å². The molecule has 26 heavy (non-hydrogen) atoms. The molecule has 3 rings (SSSR count). The Morgan fingerprint density at radius 1 is 1.31 bits per heavy atom. The molecule has 2 heterocycles. The SMILES string of the molecule is Cc1nc(-n2cccc2)sc1C(=O)NCC#CCOc1cccc(Br)c1. The largest absolute Gasteiger partial charge is 0.481 e. The summed E-state index contributed by atoms with van der Waals surface area (Å²) >= 11 is 4.74. The summed E-state index contributed by atoms with van der Waals surface area (Å²) in [4.78, 5) is 17.3. The summed E-state index contributed by atoms with van der Waals surface area (Å²) in [6.07, 6.45) is 3.80. The smallest absolute Gasteiger partial charge is 0.264 e. The van der Waals surface area contributed by atoms with E-state index in [2.05, 4.69) is 38.1 Å². The van der Waals surface area contributed by atoms with Crippen LogP contribution in [-0.4, -0.2) is 28.6 Å². The van der Waals surface area contributed by atoms with Crippen molar-refractivity contribution in [3.05, 3.63) is 63.8 Å². The molecule has 0 bridgehead atoms. The van der Waals surface area contributed by atoms with Crippen LogP contribution in [-0.2, 0) is 0 Å². The van der Waals surface area contributed by atoms with Gasteiger partial charge in [0.25, 0.3) is 5.91 Å². The molecule has 0 atom stereocenters. The van der Waals surface area contributed by atoms with Crippen LogP contribution in [0.25, 0.3) is 5.13 Å². The van der Waals surface area contributed by atoms with Gasteiger partial charge in [0.15, 0.2) is 5.13 Å². The molecule has 0 aliphatic rings. The molecule has 0 aliphatic carbocycles.